The Morgan fingerprint density at radius 1 is 0.650 bits per heavy atom. The largest absolute Gasteiger partial charge is 0.441 e. The number of halogens is 2. The van der Waals surface area contributed by atoms with Gasteiger partial charge in [0.1, 0.15) is 11.5 Å². The Balaban J connectivity index is 0.000000216. The van der Waals surface area contributed by atoms with Crippen LogP contribution in [0.2, 0.25) is 0 Å². The van der Waals surface area contributed by atoms with E-state index >= 15 is 0 Å². The number of rotatable bonds is 9. The highest BCUT2D eigenvalue weighted by Gasteiger charge is 2.12. The second-order valence-electron chi connectivity index (χ2n) is 8.24. The van der Waals surface area contributed by atoms with Gasteiger partial charge >= 0.3 is 0 Å². The predicted octanol–water partition coefficient (Wildman–Crippen LogP) is 5.62. The minimum absolute atomic E-state index is 0.560. The molecule has 0 fully saturated rings. The van der Waals surface area contributed by atoms with Gasteiger partial charge < -0.3 is 8.83 Å². The van der Waals surface area contributed by atoms with Crippen LogP contribution in [0.3, 0.4) is 0 Å². The van der Waals surface area contributed by atoms with Crippen LogP contribution in [0.25, 0.3) is 22.9 Å². The van der Waals surface area contributed by atoms with Crippen LogP contribution < -0.4 is 0 Å². The molecule has 0 bridgehead atoms. The number of hydrogen-bond donors (Lipinski definition) is 2. The topological polar surface area (TPSA) is 161 Å². The van der Waals surface area contributed by atoms with Crippen LogP contribution >= 0.6 is 23.2 Å². The summed E-state index contributed by atoms with van der Waals surface area (Å²) in [6.07, 6.45) is 1.46. The van der Waals surface area contributed by atoms with Gasteiger partial charge in [0.05, 0.1) is 22.9 Å². The minimum Gasteiger partial charge on any atom is -0.441 e. The fraction of sp³-hybridized carbons (Fsp3) is 0.308. The zero-order valence-electron chi connectivity index (χ0n) is 21.8. The Morgan fingerprint density at radius 2 is 0.975 bits per heavy atom. The smallest absolute Gasteiger partial charge is 0.265 e. The summed E-state index contributed by atoms with van der Waals surface area (Å²) in [5.41, 5.74) is 3.85. The summed E-state index contributed by atoms with van der Waals surface area (Å²) in [5, 5.41) is 0. The van der Waals surface area contributed by atoms with Gasteiger partial charge in [0.2, 0.25) is 11.8 Å². The highest BCUT2D eigenvalue weighted by Crippen LogP contribution is 2.23. The maximum absolute atomic E-state index is 9.86. The van der Waals surface area contributed by atoms with Crippen molar-refractivity contribution in [3.05, 3.63) is 83.6 Å². The highest BCUT2D eigenvalue weighted by molar-refractivity contribution is 7.89. The molecule has 0 amide bonds. The normalized spacial score (nSPS) is 11.2. The molecule has 218 valence electrons. The first-order valence-corrected chi connectivity index (χ1v) is 16.2. The van der Waals surface area contributed by atoms with E-state index in [1.165, 1.54) is 0 Å². The average molecular weight is 634 g/mol. The molecule has 10 nitrogen and oxygen atoms in total. The van der Waals surface area contributed by atoms with Crippen LogP contribution in [0.15, 0.2) is 69.5 Å². The Kier molecular flexibility index (Phi) is 13.3. The highest BCUT2D eigenvalue weighted by atomic mass is 35.5. The molecule has 4 rings (SSSR count). The van der Waals surface area contributed by atoms with Gasteiger partial charge in [0.15, 0.2) is 0 Å². The molecular formula is C26H30Cl2N2O8S2. The Bertz CT molecular complexity index is 1420. The van der Waals surface area contributed by atoms with Crippen molar-refractivity contribution >= 4 is 43.4 Å². The first-order valence-electron chi connectivity index (χ1n) is 11.9. The predicted molar refractivity (Wildman–Crippen MR) is 155 cm³/mol. The van der Waals surface area contributed by atoms with Gasteiger partial charge in [0.25, 0.3) is 20.2 Å². The van der Waals surface area contributed by atoms with E-state index in [2.05, 4.69) is 9.97 Å². The lowest BCUT2D eigenvalue weighted by Gasteiger charge is -1.93. The molecule has 0 aliphatic carbocycles. The fourth-order valence-electron chi connectivity index (χ4n) is 3.11. The maximum Gasteiger partial charge on any atom is 0.265 e. The number of benzene rings is 2. The number of oxazole rings is 2. The lowest BCUT2D eigenvalue weighted by molar-refractivity contribution is 0.472. The molecule has 0 atom stereocenters. The Hall–Kier alpha value is -2.74. The summed E-state index contributed by atoms with van der Waals surface area (Å²) in [7, 11) is -8.59. The van der Waals surface area contributed by atoms with Crippen molar-refractivity contribution in [2.45, 2.75) is 26.7 Å². The van der Waals surface area contributed by atoms with Gasteiger partial charge in [-0.05, 0) is 38.1 Å². The zero-order chi connectivity index (χ0) is 29.8. The van der Waals surface area contributed by atoms with Crippen LogP contribution in [0.4, 0.5) is 0 Å². The standard InChI is InChI=1S/2C12H12ClNO.C2H6O6S2/c2*1-9-11(7-8-13)15-12(14-9)10-5-3-2-4-6-10;3-9(4,5)1-2-10(6,7)8/h2*2-6H,7-8H2,1H3;1-2H2,(H,3,4,5)(H,6,7,8). The second-order valence-corrected chi connectivity index (χ2v) is 12.1. The molecule has 0 saturated heterocycles. The first kappa shape index (κ1) is 33.5. The molecule has 0 saturated carbocycles. The number of hydrogen-bond acceptors (Lipinski definition) is 8. The summed E-state index contributed by atoms with van der Waals surface area (Å²) in [6, 6.07) is 19.7. The third kappa shape index (κ3) is 12.2. The van der Waals surface area contributed by atoms with Crippen molar-refractivity contribution in [1.82, 2.24) is 9.97 Å². The third-order valence-electron chi connectivity index (χ3n) is 5.07. The van der Waals surface area contributed by atoms with Gasteiger partial charge in [-0.2, -0.15) is 16.8 Å². The van der Waals surface area contributed by atoms with Crippen LogP contribution in [0.1, 0.15) is 22.9 Å². The summed E-state index contributed by atoms with van der Waals surface area (Å²) < 4.78 is 66.7. The minimum atomic E-state index is -4.30. The Morgan fingerprint density at radius 3 is 1.25 bits per heavy atom. The van der Waals surface area contributed by atoms with Crippen LogP contribution in [0, 0.1) is 13.8 Å². The van der Waals surface area contributed by atoms with Crippen LogP contribution in [0.5, 0.6) is 0 Å². The Labute approximate surface area is 243 Å². The molecule has 0 aliphatic rings. The molecule has 0 aliphatic heterocycles. The van der Waals surface area contributed by atoms with Crippen LogP contribution in [-0.2, 0) is 33.1 Å². The van der Waals surface area contributed by atoms with E-state index in [-0.39, 0.29) is 0 Å². The number of alkyl halides is 2. The molecule has 2 aromatic heterocycles. The van der Waals surface area contributed by atoms with Gasteiger partial charge in [-0.3, -0.25) is 9.11 Å². The molecule has 0 radical (unpaired) electrons. The molecular weight excluding hydrogens is 603 g/mol. The first-order chi connectivity index (χ1) is 18.8. The fourth-order valence-corrected chi connectivity index (χ4v) is 5.14. The molecule has 2 heterocycles. The van der Waals surface area contributed by atoms with Gasteiger partial charge in [-0.1, -0.05) is 36.4 Å². The molecule has 14 heteroatoms. The van der Waals surface area contributed by atoms with E-state index in [0.29, 0.717) is 23.5 Å². The molecule has 2 N–H and O–H groups in total. The van der Waals surface area contributed by atoms with Crippen molar-refractivity contribution in [2.24, 2.45) is 0 Å². The quantitative estimate of drug-likeness (QED) is 0.175. The summed E-state index contributed by atoms with van der Waals surface area (Å²) in [5.74, 6) is 2.26. The van der Waals surface area contributed by atoms with Crippen molar-refractivity contribution in [2.75, 3.05) is 23.3 Å². The van der Waals surface area contributed by atoms with Gasteiger partial charge in [-0.15, -0.1) is 23.2 Å². The summed E-state index contributed by atoms with van der Waals surface area (Å²) in [6.45, 7) is 3.88. The molecule has 4 aromatic rings. The zero-order valence-corrected chi connectivity index (χ0v) is 25.0. The monoisotopic (exact) mass is 632 g/mol. The van der Waals surface area contributed by atoms with Crippen molar-refractivity contribution in [3.63, 3.8) is 0 Å². The lowest BCUT2D eigenvalue weighted by Crippen LogP contribution is -2.15. The number of aromatic nitrogens is 2. The SMILES string of the molecule is Cc1nc(-c2ccccc2)oc1CCCl.Cc1nc(-c2ccccc2)oc1CCCl.O=S(=O)(O)CCS(=O)(=O)O. The molecule has 2 aromatic carbocycles. The van der Waals surface area contributed by atoms with Gasteiger partial charge in [0, 0.05) is 35.7 Å². The second kappa shape index (κ2) is 15.9. The van der Waals surface area contributed by atoms with E-state index in [1.807, 2.05) is 74.5 Å². The lowest BCUT2D eigenvalue weighted by atomic mass is 10.2. The molecule has 40 heavy (non-hydrogen) atoms. The van der Waals surface area contributed by atoms with Crippen LogP contribution in [-0.4, -0.2) is 59.2 Å². The van der Waals surface area contributed by atoms with E-state index in [0.717, 1.165) is 46.9 Å². The van der Waals surface area contributed by atoms with Crippen molar-refractivity contribution in [1.29, 1.82) is 0 Å². The summed E-state index contributed by atoms with van der Waals surface area (Å²) >= 11 is 11.4. The number of nitrogens with zero attached hydrogens (tertiary/aromatic N) is 2. The molecule has 0 unspecified atom stereocenters. The average Bonchev–Trinajstić information content (AvgIpc) is 3.46. The van der Waals surface area contributed by atoms with Crippen molar-refractivity contribution in [3.8, 4) is 22.9 Å². The van der Waals surface area contributed by atoms with E-state index in [9.17, 15) is 16.8 Å². The molecule has 0 spiro atoms. The van der Waals surface area contributed by atoms with E-state index in [1.54, 1.807) is 0 Å². The third-order valence-corrected chi connectivity index (χ3v) is 7.15. The van der Waals surface area contributed by atoms with Gasteiger partial charge in [-0.25, -0.2) is 9.97 Å². The van der Waals surface area contributed by atoms with E-state index < -0.39 is 31.7 Å². The maximum atomic E-state index is 9.86. The van der Waals surface area contributed by atoms with E-state index in [4.69, 9.17) is 41.1 Å². The van der Waals surface area contributed by atoms with Crippen molar-refractivity contribution < 1.29 is 34.8 Å². The summed E-state index contributed by atoms with van der Waals surface area (Å²) in [4.78, 5) is 8.75. The number of aryl methyl sites for hydroxylation is 4.